The smallest absolute Gasteiger partial charge is 0.254 e. The standard InChI is InChI=1S/C27H38N4O2/c1-19(2)16-30(17-23-8-6-5-7-21(23)4)24-15-25(26(32)29-14-13-28)31(18-24)27(33)22-11-9-20(3)10-12-22/h5-12,19,24-25H,13-18,28H2,1-4H3,(H,29,32). The predicted octanol–water partition coefficient (Wildman–Crippen LogP) is 3.12. The van der Waals surface area contributed by atoms with E-state index in [1.54, 1.807) is 4.90 Å². The largest absolute Gasteiger partial charge is 0.353 e. The molecule has 1 heterocycles. The van der Waals surface area contributed by atoms with Crippen LogP contribution in [0, 0.1) is 19.8 Å². The highest BCUT2D eigenvalue weighted by Gasteiger charge is 2.42. The van der Waals surface area contributed by atoms with Crippen molar-refractivity contribution < 1.29 is 9.59 Å². The number of rotatable bonds is 9. The number of hydrogen-bond acceptors (Lipinski definition) is 4. The number of carbonyl (C=O) groups is 2. The topological polar surface area (TPSA) is 78.7 Å². The summed E-state index contributed by atoms with van der Waals surface area (Å²) in [7, 11) is 0. The van der Waals surface area contributed by atoms with Crippen LogP contribution in [-0.4, -0.2) is 59.9 Å². The number of nitrogens with one attached hydrogen (secondary N) is 1. The van der Waals surface area contributed by atoms with Crippen LogP contribution in [0.15, 0.2) is 48.5 Å². The molecule has 1 aliphatic rings. The van der Waals surface area contributed by atoms with Gasteiger partial charge in [0, 0.05) is 44.3 Å². The lowest BCUT2D eigenvalue weighted by molar-refractivity contribution is -0.124. The normalized spacial score (nSPS) is 18.2. The van der Waals surface area contributed by atoms with Crippen LogP contribution >= 0.6 is 0 Å². The van der Waals surface area contributed by atoms with Gasteiger partial charge in [-0.05, 0) is 49.4 Å². The van der Waals surface area contributed by atoms with Crippen LogP contribution in [0.1, 0.15) is 47.3 Å². The molecular formula is C27H38N4O2. The summed E-state index contributed by atoms with van der Waals surface area (Å²) in [6.07, 6.45) is 0.618. The molecule has 0 spiro atoms. The molecule has 2 aromatic carbocycles. The van der Waals surface area contributed by atoms with Crippen LogP contribution in [-0.2, 0) is 11.3 Å². The van der Waals surface area contributed by atoms with E-state index in [0.717, 1.165) is 18.7 Å². The van der Waals surface area contributed by atoms with Gasteiger partial charge in [-0.25, -0.2) is 0 Å². The van der Waals surface area contributed by atoms with Gasteiger partial charge in [-0.15, -0.1) is 0 Å². The molecule has 0 aliphatic carbocycles. The molecule has 3 N–H and O–H groups in total. The van der Waals surface area contributed by atoms with Gasteiger partial charge in [0.2, 0.25) is 5.91 Å². The Hall–Kier alpha value is -2.70. The minimum absolute atomic E-state index is 0.0919. The van der Waals surface area contributed by atoms with Gasteiger partial charge in [0.25, 0.3) is 5.91 Å². The van der Waals surface area contributed by atoms with E-state index in [2.05, 4.69) is 55.3 Å². The van der Waals surface area contributed by atoms with Crippen molar-refractivity contribution in [2.45, 2.75) is 52.7 Å². The molecular weight excluding hydrogens is 412 g/mol. The van der Waals surface area contributed by atoms with Crippen LogP contribution in [0.4, 0.5) is 0 Å². The summed E-state index contributed by atoms with van der Waals surface area (Å²) < 4.78 is 0. The van der Waals surface area contributed by atoms with Crippen LogP contribution in [0.25, 0.3) is 0 Å². The summed E-state index contributed by atoms with van der Waals surface area (Å²) in [4.78, 5) is 30.7. The van der Waals surface area contributed by atoms with E-state index in [1.807, 2.05) is 31.2 Å². The fourth-order valence-electron chi connectivity index (χ4n) is 4.54. The fraction of sp³-hybridized carbons (Fsp3) is 0.481. The number of aryl methyl sites for hydroxylation is 2. The molecule has 2 unspecified atom stereocenters. The van der Waals surface area contributed by atoms with Crippen molar-refractivity contribution in [2.75, 3.05) is 26.2 Å². The molecule has 2 aromatic rings. The third-order valence-electron chi connectivity index (χ3n) is 6.34. The van der Waals surface area contributed by atoms with Crippen molar-refractivity contribution in [3.63, 3.8) is 0 Å². The van der Waals surface area contributed by atoms with E-state index in [-0.39, 0.29) is 17.9 Å². The number of benzene rings is 2. The van der Waals surface area contributed by atoms with Crippen LogP contribution < -0.4 is 11.1 Å². The van der Waals surface area contributed by atoms with Crippen molar-refractivity contribution in [3.8, 4) is 0 Å². The Balaban J connectivity index is 1.87. The third-order valence-corrected chi connectivity index (χ3v) is 6.34. The Morgan fingerprint density at radius 3 is 2.45 bits per heavy atom. The number of hydrogen-bond donors (Lipinski definition) is 2. The average molecular weight is 451 g/mol. The minimum atomic E-state index is -0.498. The molecule has 1 fully saturated rings. The zero-order valence-corrected chi connectivity index (χ0v) is 20.4. The van der Waals surface area contributed by atoms with Gasteiger partial charge in [-0.3, -0.25) is 14.5 Å². The molecule has 0 saturated carbocycles. The molecule has 3 rings (SSSR count). The number of amides is 2. The molecule has 2 amide bonds. The monoisotopic (exact) mass is 450 g/mol. The summed E-state index contributed by atoms with van der Waals surface area (Å²) in [5.74, 6) is 0.259. The van der Waals surface area contributed by atoms with Crippen molar-refractivity contribution >= 4 is 11.8 Å². The Bertz CT molecular complexity index is 941. The second-order valence-electron chi connectivity index (χ2n) is 9.56. The average Bonchev–Trinajstić information content (AvgIpc) is 3.24. The fourth-order valence-corrected chi connectivity index (χ4v) is 4.54. The highest BCUT2D eigenvalue weighted by molar-refractivity contribution is 5.98. The lowest BCUT2D eigenvalue weighted by atomic mass is 10.0. The lowest BCUT2D eigenvalue weighted by Gasteiger charge is -2.31. The molecule has 33 heavy (non-hydrogen) atoms. The number of nitrogens with two attached hydrogens (primary N) is 1. The SMILES string of the molecule is Cc1ccc(C(=O)N2CC(N(Cc3ccccc3C)CC(C)C)CC2C(=O)NCCN)cc1. The summed E-state index contributed by atoms with van der Waals surface area (Å²) in [6, 6.07) is 15.6. The van der Waals surface area contributed by atoms with Gasteiger partial charge >= 0.3 is 0 Å². The molecule has 1 aliphatic heterocycles. The number of likely N-dealkylation sites (tertiary alicyclic amines) is 1. The molecule has 6 nitrogen and oxygen atoms in total. The first-order chi connectivity index (χ1) is 15.8. The Morgan fingerprint density at radius 2 is 1.82 bits per heavy atom. The van der Waals surface area contributed by atoms with Gasteiger partial charge in [0.05, 0.1) is 0 Å². The summed E-state index contributed by atoms with van der Waals surface area (Å²) in [5, 5.41) is 2.90. The Labute approximate surface area is 198 Å². The second-order valence-corrected chi connectivity index (χ2v) is 9.56. The maximum Gasteiger partial charge on any atom is 0.254 e. The summed E-state index contributed by atoms with van der Waals surface area (Å²) in [5.41, 5.74) is 9.86. The summed E-state index contributed by atoms with van der Waals surface area (Å²) >= 11 is 0. The van der Waals surface area contributed by atoms with Gasteiger partial charge in [-0.2, -0.15) is 0 Å². The lowest BCUT2D eigenvalue weighted by Crippen LogP contribution is -2.47. The van der Waals surface area contributed by atoms with Crippen LogP contribution in [0.3, 0.4) is 0 Å². The number of carbonyl (C=O) groups excluding carboxylic acids is 2. The van der Waals surface area contributed by atoms with Gasteiger partial charge in [0.1, 0.15) is 6.04 Å². The predicted molar refractivity (Wildman–Crippen MR) is 133 cm³/mol. The second kappa shape index (κ2) is 11.4. The molecule has 0 radical (unpaired) electrons. The quantitative estimate of drug-likeness (QED) is 0.615. The molecule has 2 atom stereocenters. The maximum atomic E-state index is 13.5. The van der Waals surface area contributed by atoms with Crippen molar-refractivity contribution in [3.05, 3.63) is 70.8 Å². The van der Waals surface area contributed by atoms with E-state index >= 15 is 0 Å². The van der Waals surface area contributed by atoms with E-state index < -0.39 is 6.04 Å². The van der Waals surface area contributed by atoms with E-state index in [9.17, 15) is 9.59 Å². The Kier molecular flexibility index (Phi) is 8.64. The highest BCUT2D eigenvalue weighted by atomic mass is 16.2. The summed E-state index contributed by atoms with van der Waals surface area (Å²) in [6.45, 7) is 11.6. The van der Waals surface area contributed by atoms with Gasteiger partial charge in [-0.1, -0.05) is 55.8 Å². The van der Waals surface area contributed by atoms with E-state index in [0.29, 0.717) is 37.5 Å². The molecule has 0 aromatic heterocycles. The van der Waals surface area contributed by atoms with Crippen molar-refractivity contribution in [2.24, 2.45) is 11.7 Å². The van der Waals surface area contributed by atoms with E-state index in [4.69, 9.17) is 5.73 Å². The maximum absolute atomic E-state index is 13.5. The first kappa shape index (κ1) is 24.9. The zero-order chi connectivity index (χ0) is 24.0. The van der Waals surface area contributed by atoms with Crippen molar-refractivity contribution in [1.29, 1.82) is 0 Å². The zero-order valence-electron chi connectivity index (χ0n) is 20.4. The van der Waals surface area contributed by atoms with Crippen LogP contribution in [0.2, 0.25) is 0 Å². The van der Waals surface area contributed by atoms with Crippen molar-refractivity contribution in [1.82, 2.24) is 15.1 Å². The van der Waals surface area contributed by atoms with Gasteiger partial charge in [0.15, 0.2) is 0 Å². The highest BCUT2D eigenvalue weighted by Crippen LogP contribution is 2.27. The first-order valence-corrected chi connectivity index (χ1v) is 11.9. The van der Waals surface area contributed by atoms with E-state index in [1.165, 1.54) is 11.1 Å². The Morgan fingerprint density at radius 1 is 1.12 bits per heavy atom. The number of nitrogens with zero attached hydrogens (tertiary/aromatic N) is 2. The first-order valence-electron chi connectivity index (χ1n) is 11.9. The minimum Gasteiger partial charge on any atom is -0.353 e. The molecule has 1 saturated heterocycles. The van der Waals surface area contributed by atoms with Crippen LogP contribution in [0.5, 0.6) is 0 Å². The molecule has 0 bridgehead atoms. The van der Waals surface area contributed by atoms with Gasteiger partial charge < -0.3 is 16.0 Å². The molecule has 6 heteroatoms. The third kappa shape index (κ3) is 6.42. The molecule has 178 valence electrons.